The molecule has 1 fully saturated rings. The number of hydrogen-bond acceptors (Lipinski definition) is 1. The average Bonchev–Trinajstić information content (AvgIpc) is 2.73. The van der Waals surface area contributed by atoms with Crippen molar-refractivity contribution in [3.8, 4) is 5.75 Å². The predicted molar refractivity (Wildman–Crippen MR) is 54.7 cm³/mol. The largest absolute Gasteiger partial charge is 0.492 e. The second kappa shape index (κ2) is 3.63. The second-order valence-corrected chi connectivity index (χ2v) is 4.31. The lowest BCUT2D eigenvalue weighted by atomic mass is 10.2. The smallest absolute Gasteiger partial charge is 0.255 e. The molecular formula is C11H11ClF2O. The third kappa shape index (κ3) is 2.40. The molecule has 82 valence electrons. The van der Waals surface area contributed by atoms with E-state index in [1.807, 2.05) is 13.0 Å². The summed E-state index contributed by atoms with van der Waals surface area (Å²) in [6.07, 6.45) is -0.0729. The van der Waals surface area contributed by atoms with Gasteiger partial charge in [0.2, 0.25) is 0 Å². The Morgan fingerprint density at radius 1 is 1.53 bits per heavy atom. The molecule has 0 saturated heterocycles. The first-order valence-electron chi connectivity index (χ1n) is 4.76. The van der Waals surface area contributed by atoms with Crippen LogP contribution in [0.4, 0.5) is 8.78 Å². The first kappa shape index (κ1) is 10.7. The Bertz CT molecular complexity index is 379. The van der Waals surface area contributed by atoms with Gasteiger partial charge in [-0.25, -0.2) is 8.78 Å². The van der Waals surface area contributed by atoms with Crippen molar-refractivity contribution < 1.29 is 13.5 Å². The molecule has 0 N–H and O–H groups in total. The molecule has 0 amide bonds. The van der Waals surface area contributed by atoms with Gasteiger partial charge in [0.25, 0.3) is 5.92 Å². The Balaban J connectivity index is 1.94. The molecular weight excluding hydrogens is 222 g/mol. The first-order valence-corrected chi connectivity index (χ1v) is 5.13. The molecule has 0 bridgehead atoms. The van der Waals surface area contributed by atoms with Crippen LogP contribution in [0.5, 0.6) is 5.75 Å². The summed E-state index contributed by atoms with van der Waals surface area (Å²) >= 11 is 5.89. The van der Waals surface area contributed by atoms with E-state index in [9.17, 15) is 8.78 Å². The van der Waals surface area contributed by atoms with Crippen molar-refractivity contribution in [2.24, 2.45) is 5.92 Å². The molecule has 1 atom stereocenters. The lowest BCUT2D eigenvalue weighted by molar-refractivity contribution is 0.0856. The molecule has 0 radical (unpaired) electrons. The number of halogens is 3. The lowest BCUT2D eigenvalue weighted by Crippen LogP contribution is -2.05. The molecule has 1 unspecified atom stereocenters. The summed E-state index contributed by atoms with van der Waals surface area (Å²) in [6, 6.07) is 5.30. The molecule has 1 aromatic carbocycles. The fourth-order valence-electron chi connectivity index (χ4n) is 1.36. The standard InChI is InChI=1S/C11H11ClF2O/c1-7-2-3-10(9(12)4-7)15-6-8-5-11(8,13)14/h2-4,8H,5-6H2,1H3. The van der Waals surface area contributed by atoms with Gasteiger partial charge >= 0.3 is 0 Å². The second-order valence-electron chi connectivity index (χ2n) is 3.91. The summed E-state index contributed by atoms with van der Waals surface area (Å²) in [5.41, 5.74) is 1.02. The van der Waals surface area contributed by atoms with Crippen LogP contribution in [0.15, 0.2) is 18.2 Å². The SMILES string of the molecule is Cc1ccc(OCC2CC2(F)F)c(Cl)c1. The zero-order valence-corrected chi connectivity index (χ0v) is 9.02. The molecule has 0 heterocycles. The van der Waals surface area contributed by atoms with E-state index >= 15 is 0 Å². The highest BCUT2D eigenvalue weighted by Crippen LogP contribution is 2.48. The number of alkyl halides is 2. The molecule has 2 rings (SSSR count). The van der Waals surface area contributed by atoms with Crippen LogP contribution in [-0.4, -0.2) is 12.5 Å². The van der Waals surface area contributed by atoms with Crippen molar-refractivity contribution in [2.45, 2.75) is 19.3 Å². The third-order valence-electron chi connectivity index (χ3n) is 2.48. The maximum absolute atomic E-state index is 12.6. The van der Waals surface area contributed by atoms with E-state index in [1.165, 1.54) is 0 Å². The van der Waals surface area contributed by atoms with Crippen molar-refractivity contribution in [1.29, 1.82) is 0 Å². The van der Waals surface area contributed by atoms with Crippen molar-refractivity contribution in [3.63, 3.8) is 0 Å². The molecule has 0 spiro atoms. The lowest BCUT2D eigenvalue weighted by Gasteiger charge is -2.07. The molecule has 1 aromatic rings. The summed E-state index contributed by atoms with van der Waals surface area (Å²) in [6.45, 7) is 1.94. The van der Waals surface area contributed by atoms with Crippen molar-refractivity contribution in [1.82, 2.24) is 0 Å². The number of rotatable bonds is 3. The van der Waals surface area contributed by atoms with Gasteiger partial charge in [-0.1, -0.05) is 17.7 Å². The molecule has 4 heteroatoms. The van der Waals surface area contributed by atoms with Crippen LogP contribution in [0, 0.1) is 12.8 Å². The van der Waals surface area contributed by atoms with Gasteiger partial charge in [0.1, 0.15) is 5.75 Å². The fourth-order valence-corrected chi connectivity index (χ4v) is 1.65. The van der Waals surface area contributed by atoms with Gasteiger partial charge in [-0.05, 0) is 24.6 Å². The van der Waals surface area contributed by atoms with E-state index in [0.717, 1.165) is 5.56 Å². The number of ether oxygens (including phenoxy) is 1. The topological polar surface area (TPSA) is 9.23 Å². The Kier molecular flexibility index (Phi) is 2.59. The van der Waals surface area contributed by atoms with E-state index in [0.29, 0.717) is 10.8 Å². The molecule has 15 heavy (non-hydrogen) atoms. The highest BCUT2D eigenvalue weighted by Gasteiger charge is 2.57. The van der Waals surface area contributed by atoms with E-state index in [2.05, 4.69) is 0 Å². The first-order chi connectivity index (χ1) is 6.99. The summed E-state index contributed by atoms with van der Waals surface area (Å²) < 4.78 is 30.3. The summed E-state index contributed by atoms with van der Waals surface area (Å²) in [5, 5.41) is 0.471. The fraction of sp³-hybridized carbons (Fsp3) is 0.455. The minimum atomic E-state index is -2.53. The summed E-state index contributed by atoms with van der Waals surface area (Å²) in [4.78, 5) is 0. The van der Waals surface area contributed by atoms with Gasteiger partial charge in [-0.3, -0.25) is 0 Å². The van der Waals surface area contributed by atoms with Crippen molar-refractivity contribution in [2.75, 3.05) is 6.61 Å². The average molecular weight is 233 g/mol. The molecule has 1 nitrogen and oxygen atoms in total. The van der Waals surface area contributed by atoms with Crippen LogP contribution in [0.3, 0.4) is 0 Å². The Morgan fingerprint density at radius 3 is 2.73 bits per heavy atom. The van der Waals surface area contributed by atoms with E-state index in [4.69, 9.17) is 16.3 Å². The van der Waals surface area contributed by atoms with Crippen LogP contribution < -0.4 is 4.74 Å². The normalized spacial score (nSPS) is 22.5. The third-order valence-corrected chi connectivity index (χ3v) is 2.78. The summed E-state index contributed by atoms with van der Waals surface area (Å²) in [5.74, 6) is -2.70. The van der Waals surface area contributed by atoms with Crippen LogP contribution >= 0.6 is 11.6 Å². The maximum atomic E-state index is 12.6. The quantitative estimate of drug-likeness (QED) is 0.773. The number of benzene rings is 1. The highest BCUT2D eigenvalue weighted by molar-refractivity contribution is 6.32. The van der Waals surface area contributed by atoms with Crippen molar-refractivity contribution in [3.05, 3.63) is 28.8 Å². The zero-order chi connectivity index (χ0) is 11.1. The van der Waals surface area contributed by atoms with Crippen LogP contribution in [0.2, 0.25) is 5.02 Å². The van der Waals surface area contributed by atoms with Crippen LogP contribution in [0.25, 0.3) is 0 Å². The van der Waals surface area contributed by atoms with Crippen LogP contribution in [-0.2, 0) is 0 Å². The van der Waals surface area contributed by atoms with Gasteiger partial charge in [0.05, 0.1) is 17.5 Å². The maximum Gasteiger partial charge on any atom is 0.255 e. The molecule has 0 aliphatic heterocycles. The minimum absolute atomic E-state index is 0.0375. The molecule has 0 aromatic heterocycles. The number of hydrogen-bond donors (Lipinski definition) is 0. The van der Waals surface area contributed by atoms with E-state index in [-0.39, 0.29) is 13.0 Å². The summed E-state index contributed by atoms with van der Waals surface area (Å²) in [7, 11) is 0. The predicted octanol–water partition coefficient (Wildman–Crippen LogP) is 3.68. The monoisotopic (exact) mass is 232 g/mol. The van der Waals surface area contributed by atoms with E-state index < -0.39 is 11.8 Å². The van der Waals surface area contributed by atoms with Gasteiger partial charge < -0.3 is 4.74 Å². The minimum Gasteiger partial charge on any atom is -0.492 e. The highest BCUT2D eigenvalue weighted by atomic mass is 35.5. The zero-order valence-electron chi connectivity index (χ0n) is 8.27. The van der Waals surface area contributed by atoms with Gasteiger partial charge in [-0.2, -0.15) is 0 Å². The number of aryl methyl sites for hydroxylation is 1. The van der Waals surface area contributed by atoms with Gasteiger partial charge in [-0.15, -0.1) is 0 Å². The van der Waals surface area contributed by atoms with Crippen molar-refractivity contribution >= 4 is 11.6 Å². The molecule has 1 saturated carbocycles. The molecule has 1 aliphatic rings. The van der Waals surface area contributed by atoms with Gasteiger partial charge in [0, 0.05) is 6.42 Å². The Hall–Kier alpha value is -0.830. The Labute approximate surface area is 92.0 Å². The van der Waals surface area contributed by atoms with Gasteiger partial charge in [0.15, 0.2) is 0 Å². The molecule has 1 aliphatic carbocycles. The van der Waals surface area contributed by atoms with E-state index in [1.54, 1.807) is 12.1 Å². The van der Waals surface area contributed by atoms with Crippen LogP contribution in [0.1, 0.15) is 12.0 Å². The Morgan fingerprint density at radius 2 is 2.20 bits per heavy atom.